The second-order valence-electron chi connectivity index (χ2n) is 8.02. The number of anilines is 1. The summed E-state index contributed by atoms with van der Waals surface area (Å²) >= 11 is 0. The highest BCUT2D eigenvalue weighted by Gasteiger charge is 2.59. The van der Waals surface area contributed by atoms with Gasteiger partial charge in [0.2, 0.25) is 5.91 Å². The number of rotatable bonds is 2. The third-order valence-electron chi connectivity index (χ3n) is 6.52. The van der Waals surface area contributed by atoms with Crippen LogP contribution in [-0.4, -0.2) is 67.9 Å². The first-order valence-corrected chi connectivity index (χ1v) is 9.96. The molecule has 3 aliphatic rings. The number of hydrogen-bond donors (Lipinski definition) is 0. The number of carbonyl (C=O) groups excluding carboxylic acids is 1. The molecule has 1 aliphatic carbocycles. The summed E-state index contributed by atoms with van der Waals surface area (Å²) in [5.74, 6) is 1.22. The minimum Gasteiger partial charge on any atom is -0.304 e. The highest BCUT2D eigenvalue weighted by molar-refractivity contribution is 6.27. The molecule has 0 aromatic heterocycles. The first-order chi connectivity index (χ1) is 12.7. The van der Waals surface area contributed by atoms with Gasteiger partial charge in [0.1, 0.15) is 5.84 Å². The highest BCUT2D eigenvalue weighted by Crippen LogP contribution is 2.49. The Balaban J connectivity index is 1.77. The van der Waals surface area contributed by atoms with Crippen LogP contribution in [0.3, 0.4) is 0 Å². The Bertz CT molecular complexity index is 673. The molecule has 26 heavy (non-hydrogen) atoms. The van der Waals surface area contributed by atoms with Crippen molar-refractivity contribution in [1.82, 2.24) is 9.80 Å². The quantitative estimate of drug-likeness (QED) is 0.820. The van der Waals surface area contributed by atoms with Crippen molar-refractivity contribution in [3.8, 4) is 0 Å². The van der Waals surface area contributed by atoms with Crippen molar-refractivity contribution in [3.63, 3.8) is 0 Å². The average molecular weight is 354 g/mol. The van der Waals surface area contributed by atoms with Gasteiger partial charge in [-0.1, -0.05) is 37.5 Å². The van der Waals surface area contributed by atoms with E-state index in [-0.39, 0.29) is 17.4 Å². The van der Waals surface area contributed by atoms with Crippen LogP contribution in [0.2, 0.25) is 0 Å². The highest BCUT2D eigenvalue weighted by atomic mass is 16.2. The summed E-state index contributed by atoms with van der Waals surface area (Å²) in [5, 5.41) is 0. The van der Waals surface area contributed by atoms with Crippen molar-refractivity contribution in [2.75, 3.05) is 45.2 Å². The second kappa shape index (κ2) is 7.12. The molecule has 2 saturated heterocycles. The maximum Gasteiger partial charge on any atom is 0.240 e. The molecular formula is C21H30N4O. The van der Waals surface area contributed by atoms with E-state index >= 15 is 0 Å². The lowest BCUT2D eigenvalue weighted by molar-refractivity contribution is -0.130. The normalized spacial score (nSPS) is 29.0. The number of aliphatic imine (C=N–C) groups is 1. The van der Waals surface area contributed by atoms with Gasteiger partial charge in [-0.2, -0.15) is 0 Å². The molecule has 1 atom stereocenters. The monoisotopic (exact) mass is 354 g/mol. The van der Waals surface area contributed by atoms with Gasteiger partial charge in [0.25, 0.3) is 0 Å². The Labute approximate surface area is 156 Å². The molecule has 5 nitrogen and oxygen atoms in total. The minimum absolute atomic E-state index is 0.120. The molecule has 1 aromatic rings. The lowest BCUT2D eigenvalue weighted by atomic mass is 9.69. The smallest absolute Gasteiger partial charge is 0.240 e. The Morgan fingerprint density at radius 3 is 2.27 bits per heavy atom. The Kier molecular flexibility index (Phi) is 4.84. The summed E-state index contributed by atoms with van der Waals surface area (Å²) in [6.45, 7) is 4.14. The summed E-state index contributed by atoms with van der Waals surface area (Å²) in [4.78, 5) is 25.3. The van der Waals surface area contributed by atoms with E-state index in [2.05, 4.69) is 21.8 Å². The molecule has 4 rings (SSSR count). The van der Waals surface area contributed by atoms with E-state index in [0.29, 0.717) is 0 Å². The van der Waals surface area contributed by atoms with Crippen LogP contribution in [-0.2, 0) is 4.79 Å². The van der Waals surface area contributed by atoms with E-state index in [1.165, 1.54) is 6.42 Å². The number of amides is 1. The molecule has 0 bridgehead atoms. The molecule has 1 spiro atoms. The number of amidine groups is 1. The van der Waals surface area contributed by atoms with Crippen molar-refractivity contribution in [3.05, 3.63) is 30.3 Å². The van der Waals surface area contributed by atoms with Crippen LogP contribution in [0.1, 0.15) is 32.1 Å². The van der Waals surface area contributed by atoms with Crippen LogP contribution < -0.4 is 4.90 Å². The van der Waals surface area contributed by atoms with Crippen molar-refractivity contribution < 1.29 is 4.79 Å². The summed E-state index contributed by atoms with van der Waals surface area (Å²) < 4.78 is 0. The zero-order valence-corrected chi connectivity index (χ0v) is 16.0. The SMILES string of the molecule is C/N=C1/C(N2CCN(C)CC2)C2(CCCCC2)C(=O)N1c1ccccc1. The summed E-state index contributed by atoms with van der Waals surface area (Å²) in [6.07, 6.45) is 5.52. The summed E-state index contributed by atoms with van der Waals surface area (Å²) in [5.41, 5.74) is 0.665. The maximum atomic E-state index is 13.8. The van der Waals surface area contributed by atoms with Crippen LogP contribution in [0.25, 0.3) is 0 Å². The molecule has 1 amide bonds. The largest absolute Gasteiger partial charge is 0.304 e. The van der Waals surface area contributed by atoms with Crippen LogP contribution in [0.15, 0.2) is 35.3 Å². The number of carbonyl (C=O) groups is 1. The Hall–Kier alpha value is -1.72. The van der Waals surface area contributed by atoms with Gasteiger partial charge >= 0.3 is 0 Å². The number of para-hydroxylation sites is 1. The van der Waals surface area contributed by atoms with E-state index in [1.807, 2.05) is 42.3 Å². The molecule has 1 saturated carbocycles. The van der Waals surface area contributed by atoms with Gasteiger partial charge in [-0.25, -0.2) is 0 Å². The summed E-state index contributed by atoms with van der Waals surface area (Å²) in [7, 11) is 4.03. The predicted molar refractivity (Wildman–Crippen MR) is 106 cm³/mol. The van der Waals surface area contributed by atoms with E-state index in [9.17, 15) is 4.79 Å². The van der Waals surface area contributed by atoms with Crippen LogP contribution in [0.4, 0.5) is 5.69 Å². The van der Waals surface area contributed by atoms with Crippen molar-refractivity contribution in [1.29, 1.82) is 0 Å². The van der Waals surface area contributed by atoms with Gasteiger partial charge in [-0.05, 0) is 32.0 Å². The lowest BCUT2D eigenvalue weighted by Gasteiger charge is -2.44. The number of piperazine rings is 1. The third-order valence-corrected chi connectivity index (χ3v) is 6.52. The topological polar surface area (TPSA) is 39.1 Å². The maximum absolute atomic E-state index is 13.8. The van der Waals surface area contributed by atoms with Crippen LogP contribution >= 0.6 is 0 Å². The molecule has 1 unspecified atom stereocenters. The zero-order chi connectivity index (χ0) is 18.1. The first-order valence-electron chi connectivity index (χ1n) is 9.96. The van der Waals surface area contributed by atoms with E-state index in [1.54, 1.807) is 0 Å². The Morgan fingerprint density at radius 2 is 1.65 bits per heavy atom. The van der Waals surface area contributed by atoms with Gasteiger partial charge in [-0.3, -0.25) is 19.6 Å². The number of hydrogen-bond acceptors (Lipinski definition) is 4. The molecule has 0 N–H and O–H groups in total. The van der Waals surface area contributed by atoms with E-state index in [0.717, 1.165) is 63.4 Å². The molecular weight excluding hydrogens is 324 g/mol. The molecule has 140 valence electrons. The fourth-order valence-corrected chi connectivity index (χ4v) is 5.12. The molecule has 2 heterocycles. The second-order valence-corrected chi connectivity index (χ2v) is 8.02. The van der Waals surface area contributed by atoms with Crippen molar-refractivity contribution in [2.45, 2.75) is 38.1 Å². The van der Waals surface area contributed by atoms with Crippen LogP contribution in [0.5, 0.6) is 0 Å². The molecule has 1 aromatic carbocycles. The molecule has 2 aliphatic heterocycles. The molecule has 3 fully saturated rings. The summed E-state index contributed by atoms with van der Waals surface area (Å²) in [6, 6.07) is 10.2. The number of benzene rings is 1. The first kappa shape index (κ1) is 17.7. The lowest BCUT2D eigenvalue weighted by Crippen LogP contribution is -2.57. The van der Waals surface area contributed by atoms with Gasteiger partial charge in [-0.15, -0.1) is 0 Å². The number of nitrogens with zero attached hydrogens (tertiary/aromatic N) is 4. The number of likely N-dealkylation sites (N-methyl/N-ethyl adjacent to an activating group) is 1. The standard InChI is InChI=1S/C21H30N4O/c1-22-19-18(24-15-13-23(2)14-16-24)21(11-7-4-8-12-21)20(26)25(19)17-9-5-3-6-10-17/h3,5-6,9-10,18H,4,7-8,11-16H2,1-2H3/b22-19-. The third kappa shape index (κ3) is 2.78. The predicted octanol–water partition coefficient (Wildman–Crippen LogP) is 2.63. The fourth-order valence-electron chi connectivity index (χ4n) is 5.12. The van der Waals surface area contributed by atoms with Gasteiger partial charge in [0, 0.05) is 33.2 Å². The van der Waals surface area contributed by atoms with E-state index in [4.69, 9.17) is 0 Å². The van der Waals surface area contributed by atoms with Crippen molar-refractivity contribution >= 4 is 17.4 Å². The van der Waals surface area contributed by atoms with E-state index < -0.39 is 0 Å². The van der Waals surface area contributed by atoms with Crippen molar-refractivity contribution in [2.24, 2.45) is 10.4 Å². The average Bonchev–Trinajstić information content (AvgIpc) is 2.92. The minimum atomic E-state index is -0.293. The van der Waals surface area contributed by atoms with Crippen LogP contribution in [0, 0.1) is 5.41 Å². The molecule has 0 radical (unpaired) electrons. The van der Waals surface area contributed by atoms with Gasteiger partial charge in [0.05, 0.1) is 17.1 Å². The van der Waals surface area contributed by atoms with Gasteiger partial charge < -0.3 is 4.90 Å². The van der Waals surface area contributed by atoms with Gasteiger partial charge in [0.15, 0.2) is 0 Å². The zero-order valence-electron chi connectivity index (χ0n) is 16.0. The fraction of sp³-hybridized carbons (Fsp3) is 0.619. The molecule has 5 heteroatoms. The Morgan fingerprint density at radius 1 is 1.00 bits per heavy atom.